The molecule has 0 spiro atoms. The zero-order chi connectivity index (χ0) is 39.1. The Hall–Kier alpha value is -1.81. The molecule has 0 aromatic heterocycles. The lowest BCUT2D eigenvalue weighted by Crippen LogP contribution is -2.29. The first-order valence-electron chi connectivity index (χ1n) is 20.9. The molecule has 3 atom stereocenters. The van der Waals surface area contributed by atoms with Crippen LogP contribution in [0, 0.1) is 0 Å². The Balaban J connectivity index is 4.35. The maximum Gasteiger partial charge on any atom is 0.472 e. The number of hydrogen-bond donors (Lipinski definition) is 3. The van der Waals surface area contributed by atoms with E-state index in [1.54, 1.807) is 0 Å². The van der Waals surface area contributed by atoms with Crippen molar-refractivity contribution in [3.63, 3.8) is 0 Å². The van der Waals surface area contributed by atoms with Crippen LogP contribution in [0.1, 0.15) is 181 Å². The van der Waals surface area contributed by atoms with Crippen LogP contribution in [0.5, 0.6) is 0 Å². The molecular formula is C42H77O10P. The summed E-state index contributed by atoms with van der Waals surface area (Å²) < 4.78 is 32.7. The fourth-order valence-electron chi connectivity index (χ4n) is 5.49. The van der Waals surface area contributed by atoms with Gasteiger partial charge in [0.1, 0.15) is 12.7 Å². The number of esters is 2. The van der Waals surface area contributed by atoms with Crippen LogP contribution in [-0.2, 0) is 32.7 Å². The van der Waals surface area contributed by atoms with Crippen molar-refractivity contribution in [3.8, 4) is 0 Å². The molecule has 0 aromatic carbocycles. The summed E-state index contributed by atoms with van der Waals surface area (Å²) in [4.78, 5) is 34.9. The van der Waals surface area contributed by atoms with E-state index in [9.17, 15) is 24.2 Å². The average Bonchev–Trinajstić information content (AvgIpc) is 3.14. The summed E-state index contributed by atoms with van der Waals surface area (Å²) in [5.41, 5.74) is 0. The number of phosphoric ester groups is 1. The highest BCUT2D eigenvalue weighted by Gasteiger charge is 2.27. The Labute approximate surface area is 322 Å². The Morgan fingerprint density at radius 2 is 0.981 bits per heavy atom. The molecule has 0 aliphatic carbocycles. The fraction of sp³-hybridized carbons (Fsp3) is 0.810. The van der Waals surface area contributed by atoms with E-state index in [1.807, 2.05) is 0 Å². The van der Waals surface area contributed by atoms with E-state index in [1.165, 1.54) is 70.6 Å². The molecule has 11 heteroatoms. The number of hydrogen-bond acceptors (Lipinski definition) is 9. The number of aliphatic hydroxyl groups excluding tert-OH is 2. The van der Waals surface area contributed by atoms with E-state index in [2.05, 4.69) is 54.8 Å². The summed E-state index contributed by atoms with van der Waals surface area (Å²) in [6.45, 7) is 2.32. The summed E-state index contributed by atoms with van der Waals surface area (Å²) in [7, 11) is -4.62. The monoisotopic (exact) mass is 773 g/mol. The van der Waals surface area contributed by atoms with E-state index in [4.69, 9.17) is 19.1 Å². The molecule has 0 heterocycles. The van der Waals surface area contributed by atoms with Crippen LogP contribution in [0.15, 0.2) is 36.5 Å². The van der Waals surface area contributed by atoms with Gasteiger partial charge in [-0.15, -0.1) is 0 Å². The molecule has 0 aliphatic rings. The van der Waals surface area contributed by atoms with E-state index < -0.39 is 51.8 Å². The second-order valence-corrected chi connectivity index (χ2v) is 15.5. The maximum atomic E-state index is 12.6. The number of unbranched alkanes of at least 4 members (excludes halogenated alkanes) is 19. The van der Waals surface area contributed by atoms with Crippen molar-refractivity contribution in [3.05, 3.63) is 36.5 Å². The highest BCUT2D eigenvalue weighted by molar-refractivity contribution is 7.47. The predicted molar refractivity (Wildman–Crippen MR) is 214 cm³/mol. The molecule has 0 saturated carbocycles. The van der Waals surface area contributed by atoms with Crippen LogP contribution in [0.3, 0.4) is 0 Å². The normalized spacial score (nSPS) is 14.3. The van der Waals surface area contributed by atoms with E-state index in [0.29, 0.717) is 12.8 Å². The van der Waals surface area contributed by atoms with Gasteiger partial charge in [-0.3, -0.25) is 18.6 Å². The molecule has 0 aliphatic heterocycles. The number of ether oxygens (including phenoxy) is 2. The number of rotatable bonds is 39. The summed E-state index contributed by atoms with van der Waals surface area (Å²) in [6.07, 6.45) is 38.2. The molecule has 3 unspecified atom stereocenters. The Morgan fingerprint density at radius 3 is 1.51 bits per heavy atom. The zero-order valence-corrected chi connectivity index (χ0v) is 34.4. The maximum absolute atomic E-state index is 12.6. The molecule has 0 radical (unpaired) electrons. The fourth-order valence-corrected chi connectivity index (χ4v) is 6.28. The topological polar surface area (TPSA) is 149 Å². The van der Waals surface area contributed by atoms with Gasteiger partial charge in [0.15, 0.2) is 6.10 Å². The molecule has 310 valence electrons. The van der Waals surface area contributed by atoms with Crippen molar-refractivity contribution in [2.24, 2.45) is 0 Å². The van der Waals surface area contributed by atoms with Crippen LogP contribution in [0.25, 0.3) is 0 Å². The Morgan fingerprint density at radius 1 is 0.566 bits per heavy atom. The lowest BCUT2D eigenvalue weighted by atomic mass is 10.1. The highest BCUT2D eigenvalue weighted by atomic mass is 31.2. The molecular weight excluding hydrogens is 695 g/mol. The average molecular weight is 773 g/mol. The van der Waals surface area contributed by atoms with Gasteiger partial charge in [-0.2, -0.15) is 0 Å². The second-order valence-electron chi connectivity index (χ2n) is 14.0. The molecule has 0 saturated heterocycles. The lowest BCUT2D eigenvalue weighted by Gasteiger charge is -2.20. The van der Waals surface area contributed by atoms with Crippen molar-refractivity contribution >= 4 is 19.8 Å². The van der Waals surface area contributed by atoms with Crippen molar-refractivity contribution in [2.75, 3.05) is 26.4 Å². The number of carbonyl (C=O) groups excluding carboxylic acids is 2. The highest BCUT2D eigenvalue weighted by Crippen LogP contribution is 2.43. The van der Waals surface area contributed by atoms with Gasteiger partial charge in [0.05, 0.1) is 19.8 Å². The summed E-state index contributed by atoms with van der Waals surface area (Å²) in [5, 5.41) is 18.3. The van der Waals surface area contributed by atoms with Crippen LogP contribution in [0.2, 0.25) is 0 Å². The third-order valence-electron chi connectivity index (χ3n) is 8.77. The third kappa shape index (κ3) is 38.3. The Kier molecular flexibility index (Phi) is 37.2. The smallest absolute Gasteiger partial charge is 0.462 e. The summed E-state index contributed by atoms with van der Waals surface area (Å²) >= 11 is 0. The van der Waals surface area contributed by atoms with Gasteiger partial charge in [0, 0.05) is 12.8 Å². The first kappa shape index (κ1) is 51.2. The van der Waals surface area contributed by atoms with E-state index in [0.717, 1.165) is 70.6 Å². The van der Waals surface area contributed by atoms with Crippen LogP contribution >= 0.6 is 7.82 Å². The minimum Gasteiger partial charge on any atom is -0.462 e. The minimum absolute atomic E-state index is 0.176. The van der Waals surface area contributed by atoms with Gasteiger partial charge in [0.2, 0.25) is 0 Å². The van der Waals surface area contributed by atoms with Crippen LogP contribution < -0.4 is 0 Å². The van der Waals surface area contributed by atoms with E-state index in [-0.39, 0.29) is 19.4 Å². The standard InChI is InChI=1S/C42H77O10P/c1-3-5-7-9-11-13-15-17-19-21-23-25-27-29-31-33-41(45)49-37-40(38-51-53(47,48)50-36-39(44)35-43)52-42(46)34-32-30-28-26-24-22-20-18-16-14-12-10-8-6-4-2/h11,13-14,16-17,19,39-40,43-44H,3-10,12,15,18,20-38H2,1-2H3,(H,47,48). The van der Waals surface area contributed by atoms with Crippen molar-refractivity contribution in [1.29, 1.82) is 0 Å². The second kappa shape index (κ2) is 38.5. The number of allylic oxidation sites excluding steroid dienone is 6. The number of phosphoric acid groups is 1. The molecule has 53 heavy (non-hydrogen) atoms. The summed E-state index contributed by atoms with van der Waals surface area (Å²) in [5.74, 6) is -0.945. The minimum atomic E-state index is -4.62. The quantitative estimate of drug-likeness (QED) is 0.0238. The molecule has 0 amide bonds. The van der Waals surface area contributed by atoms with E-state index >= 15 is 0 Å². The largest absolute Gasteiger partial charge is 0.472 e. The van der Waals surface area contributed by atoms with Gasteiger partial charge < -0.3 is 24.6 Å². The van der Waals surface area contributed by atoms with Gasteiger partial charge in [-0.25, -0.2) is 4.57 Å². The molecule has 0 bridgehead atoms. The number of aliphatic hydroxyl groups is 2. The molecule has 0 aromatic rings. The van der Waals surface area contributed by atoms with Crippen molar-refractivity contribution in [1.82, 2.24) is 0 Å². The SMILES string of the molecule is CCCCCC=CCC=CCCCCCCCC(=O)OCC(COP(=O)(O)OCC(O)CO)OC(=O)CCCCCCCCCC=CCCCCCC. The Bertz CT molecular complexity index is 983. The third-order valence-corrected chi connectivity index (χ3v) is 9.72. The first-order valence-corrected chi connectivity index (χ1v) is 22.4. The van der Waals surface area contributed by atoms with Gasteiger partial charge in [0.25, 0.3) is 0 Å². The molecule has 3 N–H and O–H groups in total. The van der Waals surface area contributed by atoms with Crippen molar-refractivity contribution in [2.45, 2.75) is 193 Å². The van der Waals surface area contributed by atoms with Crippen LogP contribution in [0.4, 0.5) is 0 Å². The lowest BCUT2D eigenvalue weighted by molar-refractivity contribution is -0.161. The van der Waals surface area contributed by atoms with Gasteiger partial charge in [-0.05, 0) is 70.6 Å². The van der Waals surface area contributed by atoms with Gasteiger partial charge >= 0.3 is 19.8 Å². The first-order chi connectivity index (χ1) is 25.7. The molecule has 10 nitrogen and oxygen atoms in total. The summed E-state index contributed by atoms with van der Waals surface area (Å²) in [6, 6.07) is 0. The van der Waals surface area contributed by atoms with Crippen molar-refractivity contribution < 1.29 is 47.8 Å². The zero-order valence-electron chi connectivity index (χ0n) is 33.5. The predicted octanol–water partition coefficient (Wildman–Crippen LogP) is 10.8. The number of carbonyl (C=O) groups is 2. The van der Waals surface area contributed by atoms with Gasteiger partial charge in [-0.1, -0.05) is 134 Å². The van der Waals surface area contributed by atoms with Crippen LogP contribution in [-0.4, -0.2) is 65.7 Å². The molecule has 0 fully saturated rings. The molecule has 0 rings (SSSR count).